The van der Waals surface area contributed by atoms with Crippen LogP contribution in [0.1, 0.15) is 36.8 Å². The Bertz CT molecular complexity index is 1750. The first kappa shape index (κ1) is 34.0. The highest BCUT2D eigenvalue weighted by molar-refractivity contribution is 9.10. The molecule has 0 aromatic heterocycles. The average molecular weight is 744 g/mol. The van der Waals surface area contributed by atoms with E-state index in [1.165, 1.54) is 35.2 Å². The Morgan fingerprint density at radius 1 is 0.826 bits per heavy atom. The summed E-state index contributed by atoms with van der Waals surface area (Å²) in [5.41, 5.74) is 1.88. The highest BCUT2D eigenvalue weighted by Crippen LogP contribution is 2.28. The van der Waals surface area contributed by atoms with Crippen LogP contribution >= 0.6 is 39.1 Å². The Labute approximate surface area is 288 Å². The van der Waals surface area contributed by atoms with Gasteiger partial charge in [-0.3, -0.25) is 13.9 Å². The maximum atomic E-state index is 14.6. The van der Waals surface area contributed by atoms with E-state index in [9.17, 15) is 18.0 Å². The summed E-state index contributed by atoms with van der Waals surface area (Å²) in [6, 6.07) is 28.2. The van der Waals surface area contributed by atoms with Crippen molar-refractivity contribution in [3.8, 4) is 0 Å². The smallest absolute Gasteiger partial charge is 0.264 e. The van der Waals surface area contributed by atoms with E-state index in [0.29, 0.717) is 10.0 Å². The van der Waals surface area contributed by atoms with Crippen molar-refractivity contribution in [1.82, 2.24) is 10.2 Å². The van der Waals surface area contributed by atoms with Crippen molar-refractivity contribution < 1.29 is 18.0 Å². The number of nitrogens with one attached hydrogen (secondary N) is 1. The molecule has 1 unspecified atom stereocenters. The van der Waals surface area contributed by atoms with Crippen LogP contribution in [0.15, 0.2) is 112 Å². The summed E-state index contributed by atoms with van der Waals surface area (Å²) in [6.45, 7) is -0.476. The van der Waals surface area contributed by atoms with Crippen LogP contribution in [-0.2, 0) is 32.6 Å². The molecule has 1 N–H and O–H groups in total. The van der Waals surface area contributed by atoms with Gasteiger partial charge in [0.25, 0.3) is 10.0 Å². The number of hydrogen-bond donors (Lipinski definition) is 1. The molecule has 7 nitrogen and oxygen atoms in total. The number of amides is 2. The summed E-state index contributed by atoms with van der Waals surface area (Å²) in [6.07, 6.45) is 4.08. The van der Waals surface area contributed by atoms with Crippen LogP contribution in [0.2, 0.25) is 10.0 Å². The fraction of sp³-hybridized carbons (Fsp3) is 0.257. The van der Waals surface area contributed by atoms with Crippen LogP contribution in [0.4, 0.5) is 5.69 Å². The van der Waals surface area contributed by atoms with Gasteiger partial charge in [-0.15, -0.1) is 0 Å². The number of sulfonamides is 1. The Balaban J connectivity index is 1.56. The number of hydrogen-bond acceptors (Lipinski definition) is 4. The average Bonchev–Trinajstić information content (AvgIpc) is 3.56. The lowest BCUT2D eigenvalue weighted by Gasteiger charge is -2.34. The molecular weight excluding hydrogens is 709 g/mol. The molecule has 46 heavy (non-hydrogen) atoms. The first-order valence-corrected chi connectivity index (χ1v) is 18.0. The molecule has 5 rings (SSSR count). The molecule has 4 aromatic carbocycles. The van der Waals surface area contributed by atoms with E-state index in [1.54, 1.807) is 18.2 Å². The van der Waals surface area contributed by atoms with Gasteiger partial charge in [-0.1, -0.05) is 101 Å². The molecule has 0 aliphatic heterocycles. The number of carbonyl (C=O) groups is 2. The summed E-state index contributed by atoms with van der Waals surface area (Å²) in [4.78, 5) is 30.1. The second kappa shape index (κ2) is 15.5. The lowest BCUT2D eigenvalue weighted by Crippen LogP contribution is -2.54. The molecule has 4 aromatic rings. The van der Waals surface area contributed by atoms with Crippen LogP contribution in [0, 0.1) is 0 Å². The third kappa shape index (κ3) is 8.70. The molecule has 1 saturated carbocycles. The standard InChI is InChI=1S/C35H34BrCl2N3O4S/c36-27-15-13-26(14-16-27)23-40(33(21-25-7-2-1-3-8-25)35(43)39-30-10-4-5-11-30)34(42)24-41(31-12-6-9-29(38)22-31)46(44,45)32-19-17-28(37)18-20-32/h1-3,6-9,12-20,22,30,33H,4-5,10-11,21,23-24H2,(H,39,43). The zero-order chi connectivity index (χ0) is 32.7. The van der Waals surface area contributed by atoms with E-state index >= 15 is 0 Å². The molecule has 0 spiro atoms. The van der Waals surface area contributed by atoms with E-state index in [4.69, 9.17) is 23.2 Å². The fourth-order valence-electron chi connectivity index (χ4n) is 5.60. The lowest BCUT2D eigenvalue weighted by atomic mass is 10.0. The van der Waals surface area contributed by atoms with Gasteiger partial charge >= 0.3 is 0 Å². The number of halogens is 3. The summed E-state index contributed by atoms with van der Waals surface area (Å²) in [5.74, 6) is -0.806. The van der Waals surface area contributed by atoms with Crippen molar-refractivity contribution in [2.45, 2.75) is 55.6 Å². The van der Waals surface area contributed by atoms with Crippen molar-refractivity contribution in [1.29, 1.82) is 0 Å². The highest BCUT2D eigenvalue weighted by Gasteiger charge is 2.35. The molecule has 1 atom stereocenters. The molecule has 1 fully saturated rings. The molecule has 1 aliphatic rings. The first-order chi connectivity index (χ1) is 22.1. The monoisotopic (exact) mass is 741 g/mol. The maximum absolute atomic E-state index is 14.6. The lowest BCUT2D eigenvalue weighted by molar-refractivity contribution is -0.140. The maximum Gasteiger partial charge on any atom is 0.264 e. The molecule has 0 bridgehead atoms. The van der Waals surface area contributed by atoms with Crippen molar-refractivity contribution in [3.05, 3.63) is 129 Å². The minimum atomic E-state index is -4.26. The molecule has 0 heterocycles. The van der Waals surface area contributed by atoms with E-state index in [-0.39, 0.29) is 35.5 Å². The molecule has 11 heteroatoms. The largest absolute Gasteiger partial charge is 0.352 e. The van der Waals surface area contributed by atoms with E-state index in [0.717, 1.165) is 45.6 Å². The number of rotatable bonds is 12. The Morgan fingerprint density at radius 2 is 1.50 bits per heavy atom. The fourth-order valence-corrected chi connectivity index (χ4v) is 7.58. The first-order valence-electron chi connectivity index (χ1n) is 15.0. The molecule has 240 valence electrons. The van der Waals surface area contributed by atoms with Crippen molar-refractivity contribution in [2.75, 3.05) is 10.8 Å². The quantitative estimate of drug-likeness (QED) is 0.162. The highest BCUT2D eigenvalue weighted by atomic mass is 79.9. The third-order valence-corrected chi connectivity index (χ3v) is 10.8. The van der Waals surface area contributed by atoms with Gasteiger partial charge in [0.1, 0.15) is 12.6 Å². The van der Waals surface area contributed by atoms with Crippen molar-refractivity contribution >= 4 is 66.7 Å². The predicted molar refractivity (Wildman–Crippen MR) is 186 cm³/mol. The van der Waals surface area contributed by atoms with Crippen molar-refractivity contribution in [2.24, 2.45) is 0 Å². The van der Waals surface area contributed by atoms with Gasteiger partial charge in [0, 0.05) is 33.5 Å². The van der Waals surface area contributed by atoms with Gasteiger partial charge in [-0.25, -0.2) is 8.42 Å². The molecule has 0 radical (unpaired) electrons. The van der Waals surface area contributed by atoms with Gasteiger partial charge in [-0.05, 0) is 78.6 Å². The van der Waals surface area contributed by atoms with Crippen LogP contribution in [0.25, 0.3) is 0 Å². The topological polar surface area (TPSA) is 86.8 Å². The molecule has 2 amide bonds. The van der Waals surface area contributed by atoms with Crippen LogP contribution in [-0.4, -0.2) is 43.8 Å². The number of nitrogens with zero attached hydrogens (tertiary/aromatic N) is 2. The van der Waals surface area contributed by atoms with Crippen LogP contribution in [0.5, 0.6) is 0 Å². The summed E-state index contributed by atoms with van der Waals surface area (Å²) in [5, 5.41) is 3.87. The van der Waals surface area contributed by atoms with Gasteiger partial charge < -0.3 is 10.2 Å². The van der Waals surface area contributed by atoms with Gasteiger partial charge in [0.15, 0.2) is 0 Å². The summed E-state index contributed by atoms with van der Waals surface area (Å²) in [7, 11) is -4.26. The minimum absolute atomic E-state index is 0.0312. The number of anilines is 1. The number of carbonyl (C=O) groups excluding carboxylic acids is 2. The molecule has 0 saturated heterocycles. The van der Waals surface area contributed by atoms with E-state index < -0.39 is 28.5 Å². The van der Waals surface area contributed by atoms with Crippen molar-refractivity contribution in [3.63, 3.8) is 0 Å². The predicted octanol–water partition coefficient (Wildman–Crippen LogP) is 7.65. The minimum Gasteiger partial charge on any atom is -0.352 e. The van der Waals surface area contributed by atoms with Crippen LogP contribution < -0.4 is 9.62 Å². The Hall–Kier alpha value is -3.37. The molecular formula is C35H34BrCl2N3O4S. The summed E-state index contributed by atoms with van der Waals surface area (Å²) < 4.78 is 30.1. The van der Waals surface area contributed by atoms with Gasteiger partial charge in [0.2, 0.25) is 11.8 Å². The molecule has 1 aliphatic carbocycles. The second-order valence-electron chi connectivity index (χ2n) is 11.3. The zero-order valence-corrected chi connectivity index (χ0v) is 28.9. The van der Waals surface area contributed by atoms with E-state index in [1.807, 2.05) is 54.6 Å². The van der Waals surface area contributed by atoms with Gasteiger partial charge in [0.05, 0.1) is 10.6 Å². The second-order valence-corrected chi connectivity index (χ2v) is 14.9. The van der Waals surface area contributed by atoms with Gasteiger partial charge in [-0.2, -0.15) is 0 Å². The van der Waals surface area contributed by atoms with E-state index in [2.05, 4.69) is 21.2 Å². The zero-order valence-electron chi connectivity index (χ0n) is 25.0. The normalized spacial score (nSPS) is 14.1. The summed E-state index contributed by atoms with van der Waals surface area (Å²) >= 11 is 15.8. The van der Waals surface area contributed by atoms with Crippen LogP contribution in [0.3, 0.4) is 0 Å². The number of benzene rings is 4. The third-order valence-electron chi connectivity index (χ3n) is 8.02. The Morgan fingerprint density at radius 3 is 2.15 bits per heavy atom. The SMILES string of the molecule is O=C(NC1CCCC1)C(Cc1ccccc1)N(Cc1ccc(Br)cc1)C(=O)CN(c1cccc(Cl)c1)S(=O)(=O)c1ccc(Cl)cc1. The Kier molecular flexibility index (Phi) is 11.4.